The van der Waals surface area contributed by atoms with Gasteiger partial charge in [0.05, 0.1) is 24.2 Å². The first-order chi connectivity index (χ1) is 22.2. The zero-order valence-electron chi connectivity index (χ0n) is 27.7. The molecule has 2 aliphatic rings. The van der Waals surface area contributed by atoms with Crippen LogP contribution < -0.4 is 15.4 Å². The van der Waals surface area contributed by atoms with Gasteiger partial charge in [-0.3, -0.25) is 9.78 Å². The predicted molar refractivity (Wildman–Crippen MR) is 182 cm³/mol. The second kappa shape index (κ2) is 16.1. The van der Waals surface area contributed by atoms with Gasteiger partial charge in [-0.05, 0) is 115 Å². The van der Waals surface area contributed by atoms with Gasteiger partial charge < -0.3 is 29.9 Å². The van der Waals surface area contributed by atoms with Gasteiger partial charge in [0.25, 0.3) is 0 Å². The van der Waals surface area contributed by atoms with Crippen LogP contribution in [0.4, 0.5) is 10.5 Å². The number of hydrogen-bond donors (Lipinski definition) is 2. The van der Waals surface area contributed by atoms with Crippen molar-refractivity contribution in [3.05, 3.63) is 48.8 Å². The van der Waals surface area contributed by atoms with Gasteiger partial charge in [0.2, 0.25) is 5.91 Å². The number of likely N-dealkylation sites (tertiary alicyclic amines) is 2. The molecule has 3 aromatic rings. The number of hydrogen-bond acceptors (Lipinski definition) is 8. The molecule has 10 nitrogen and oxygen atoms in total. The highest BCUT2D eigenvalue weighted by molar-refractivity contribution is 5.93. The Morgan fingerprint density at radius 3 is 2.50 bits per heavy atom. The lowest BCUT2D eigenvalue weighted by Crippen LogP contribution is -2.43. The molecule has 0 bridgehead atoms. The summed E-state index contributed by atoms with van der Waals surface area (Å²) >= 11 is 0. The number of rotatable bonds is 12. The molecule has 5 rings (SSSR count). The van der Waals surface area contributed by atoms with E-state index in [0.717, 1.165) is 60.2 Å². The van der Waals surface area contributed by atoms with E-state index in [1.165, 1.54) is 32.4 Å². The second-order valence-electron chi connectivity index (χ2n) is 13.5. The largest absolute Gasteiger partial charge is 0.493 e. The first-order valence-electron chi connectivity index (χ1n) is 16.9. The van der Waals surface area contributed by atoms with Gasteiger partial charge in [-0.1, -0.05) is 6.42 Å². The molecule has 0 spiro atoms. The quantitative estimate of drug-likeness (QED) is 0.231. The number of nitrogens with one attached hydrogen (secondary N) is 2. The Hall–Kier alpha value is -3.92. The van der Waals surface area contributed by atoms with Crippen LogP contribution in [0.5, 0.6) is 5.75 Å². The number of carbonyl (C=O) groups excluding carboxylic acids is 2. The summed E-state index contributed by atoms with van der Waals surface area (Å²) in [5.41, 5.74) is 3.35. The van der Waals surface area contributed by atoms with E-state index in [1.807, 2.05) is 57.3 Å². The Morgan fingerprint density at radius 2 is 1.76 bits per heavy atom. The molecular formula is C36H50N6O4. The molecule has 2 N–H and O–H groups in total. The summed E-state index contributed by atoms with van der Waals surface area (Å²) in [6.07, 6.45) is 10.5. The van der Waals surface area contributed by atoms with Crippen molar-refractivity contribution in [3.63, 3.8) is 0 Å². The van der Waals surface area contributed by atoms with E-state index in [-0.39, 0.29) is 18.4 Å². The number of anilines is 1. The topological polar surface area (TPSA) is 109 Å². The van der Waals surface area contributed by atoms with Crippen LogP contribution in [0.3, 0.4) is 0 Å². The van der Waals surface area contributed by atoms with Crippen molar-refractivity contribution in [3.8, 4) is 17.0 Å². The third-order valence-corrected chi connectivity index (χ3v) is 8.63. The molecule has 248 valence electrons. The molecule has 10 heteroatoms. The highest BCUT2D eigenvalue weighted by Gasteiger charge is 2.27. The Labute approximate surface area is 273 Å². The molecule has 2 aliphatic heterocycles. The maximum Gasteiger partial charge on any atom is 0.410 e. The van der Waals surface area contributed by atoms with Crippen LogP contribution in [0.1, 0.15) is 65.7 Å². The number of benzene rings is 1. The van der Waals surface area contributed by atoms with Gasteiger partial charge in [0, 0.05) is 55.2 Å². The fraction of sp³-hybridized carbons (Fsp3) is 0.556. The van der Waals surface area contributed by atoms with E-state index in [1.54, 1.807) is 11.1 Å². The fourth-order valence-electron chi connectivity index (χ4n) is 6.05. The Balaban J connectivity index is 1.05. The minimum atomic E-state index is -0.494. The molecule has 0 unspecified atom stereocenters. The Kier molecular flexibility index (Phi) is 11.7. The first kappa shape index (κ1) is 33.4. The molecule has 2 aromatic heterocycles. The maximum atomic E-state index is 12.5. The van der Waals surface area contributed by atoms with Crippen LogP contribution in [-0.4, -0.2) is 89.8 Å². The maximum absolute atomic E-state index is 12.5. The van der Waals surface area contributed by atoms with Gasteiger partial charge in [-0.25, -0.2) is 9.78 Å². The summed E-state index contributed by atoms with van der Waals surface area (Å²) in [4.78, 5) is 38.3. The van der Waals surface area contributed by atoms with Crippen LogP contribution in [0.2, 0.25) is 0 Å². The molecule has 0 aliphatic carbocycles. The third-order valence-electron chi connectivity index (χ3n) is 8.63. The number of amides is 2. The zero-order valence-corrected chi connectivity index (χ0v) is 27.7. The van der Waals surface area contributed by atoms with Crippen molar-refractivity contribution in [2.24, 2.45) is 5.92 Å². The molecule has 2 saturated heterocycles. The van der Waals surface area contributed by atoms with E-state index in [4.69, 9.17) is 14.5 Å². The lowest BCUT2D eigenvalue weighted by Gasteiger charge is -2.33. The molecule has 0 atom stereocenters. The minimum absolute atomic E-state index is 0.0306. The predicted octanol–water partition coefficient (Wildman–Crippen LogP) is 6.12. The number of ether oxygens (including phenoxy) is 2. The van der Waals surface area contributed by atoms with Gasteiger partial charge in [0.15, 0.2) is 0 Å². The SMILES string of the molecule is CC(C)(C)OC(=O)N1CCC(CNC(=O)CCOc2ccc(-c3cc(NCCCN4CCCCC4)c4cnccc4n3)cc2)CC1. The van der Waals surface area contributed by atoms with Crippen molar-refractivity contribution < 1.29 is 19.1 Å². The molecule has 2 amide bonds. The molecule has 4 heterocycles. The number of fused-ring (bicyclic) bond motifs is 1. The average molecular weight is 631 g/mol. The highest BCUT2D eigenvalue weighted by atomic mass is 16.6. The van der Waals surface area contributed by atoms with E-state index < -0.39 is 5.60 Å². The molecule has 46 heavy (non-hydrogen) atoms. The molecule has 2 fully saturated rings. The lowest BCUT2D eigenvalue weighted by atomic mass is 9.97. The number of pyridine rings is 2. The second-order valence-corrected chi connectivity index (χ2v) is 13.5. The number of nitrogens with zero attached hydrogens (tertiary/aromatic N) is 4. The smallest absolute Gasteiger partial charge is 0.410 e. The fourth-order valence-corrected chi connectivity index (χ4v) is 6.05. The monoisotopic (exact) mass is 630 g/mol. The third kappa shape index (κ3) is 10.0. The van der Waals surface area contributed by atoms with Crippen molar-refractivity contribution in [1.82, 2.24) is 25.1 Å². The molecule has 1 aromatic carbocycles. The van der Waals surface area contributed by atoms with Crippen LogP contribution >= 0.6 is 0 Å². The van der Waals surface area contributed by atoms with E-state index in [2.05, 4.69) is 26.6 Å². The van der Waals surface area contributed by atoms with E-state index in [9.17, 15) is 9.59 Å². The van der Waals surface area contributed by atoms with Crippen LogP contribution in [-0.2, 0) is 9.53 Å². The number of carbonyl (C=O) groups is 2. The summed E-state index contributed by atoms with van der Waals surface area (Å²) in [6, 6.07) is 11.9. The zero-order chi connectivity index (χ0) is 32.4. The summed E-state index contributed by atoms with van der Waals surface area (Å²) in [6.45, 7) is 12.3. The molecule has 0 radical (unpaired) electrons. The van der Waals surface area contributed by atoms with Crippen molar-refractivity contribution in [2.45, 2.75) is 71.3 Å². The number of piperidine rings is 2. The van der Waals surface area contributed by atoms with Crippen LogP contribution in [0.25, 0.3) is 22.2 Å². The Morgan fingerprint density at radius 1 is 1.00 bits per heavy atom. The van der Waals surface area contributed by atoms with Crippen LogP contribution in [0.15, 0.2) is 48.8 Å². The van der Waals surface area contributed by atoms with Gasteiger partial charge in [0.1, 0.15) is 11.4 Å². The van der Waals surface area contributed by atoms with Crippen LogP contribution in [0, 0.1) is 5.92 Å². The van der Waals surface area contributed by atoms with Gasteiger partial charge in [-0.2, -0.15) is 0 Å². The van der Waals surface area contributed by atoms with Gasteiger partial charge in [-0.15, -0.1) is 0 Å². The average Bonchev–Trinajstić information content (AvgIpc) is 3.06. The lowest BCUT2D eigenvalue weighted by molar-refractivity contribution is -0.121. The van der Waals surface area contributed by atoms with E-state index in [0.29, 0.717) is 37.9 Å². The van der Waals surface area contributed by atoms with Gasteiger partial charge >= 0.3 is 6.09 Å². The summed E-state index contributed by atoms with van der Waals surface area (Å²) in [5.74, 6) is 1.04. The first-order valence-corrected chi connectivity index (χ1v) is 16.9. The summed E-state index contributed by atoms with van der Waals surface area (Å²) in [5, 5.41) is 7.70. The Bertz CT molecular complexity index is 1430. The molecular weight excluding hydrogens is 580 g/mol. The van der Waals surface area contributed by atoms with E-state index >= 15 is 0 Å². The standard InChI is InChI=1S/C36H50N6O4/c1-36(2,3)46-35(44)42-21-13-27(14-22-42)25-39-34(43)15-23-45-29-10-8-28(9-11-29)32-24-33(30-26-37-17-12-31(30)40-32)38-16-7-20-41-18-5-4-6-19-41/h8-12,17,24,26-27H,4-7,13-16,18-23,25H2,1-3H3,(H,38,40)(H,39,43). The normalized spacial score (nSPS) is 16.3. The highest BCUT2D eigenvalue weighted by Crippen LogP contribution is 2.29. The van der Waals surface area contributed by atoms with Crippen molar-refractivity contribution >= 4 is 28.6 Å². The summed E-state index contributed by atoms with van der Waals surface area (Å²) < 4.78 is 11.4. The number of aromatic nitrogens is 2. The van der Waals surface area contributed by atoms with Crippen molar-refractivity contribution in [1.29, 1.82) is 0 Å². The minimum Gasteiger partial charge on any atom is -0.493 e. The van der Waals surface area contributed by atoms with Crippen molar-refractivity contribution in [2.75, 3.05) is 57.7 Å². The summed E-state index contributed by atoms with van der Waals surface area (Å²) in [7, 11) is 0. The molecule has 0 saturated carbocycles.